The van der Waals surface area contributed by atoms with Crippen LogP contribution in [0, 0.1) is 0 Å². The molecule has 1 fully saturated rings. The van der Waals surface area contributed by atoms with E-state index in [1.807, 2.05) is 6.07 Å². The molecule has 4 nitrogen and oxygen atoms in total. The maximum absolute atomic E-state index is 5.68. The number of methoxy groups -OCH3 is 2. The first-order valence-corrected chi connectivity index (χ1v) is 8.42. The summed E-state index contributed by atoms with van der Waals surface area (Å²) in [6.45, 7) is 5.97. The summed E-state index contributed by atoms with van der Waals surface area (Å²) in [7, 11) is 3.33. The molecule has 1 N–H and O–H groups in total. The van der Waals surface area contributed by atoms with E-state index in [0.717, 1.165) is 31.1 Å². The third kappa shape index (κ3) is 3.47. The Morgan fingerprint density at radius 3 is 2.52 bits per heavy atom. The number of benzene rings is 1. The SMILES string of the molecule is COc1cc(CNC2(C)CCOC2C)c(SC)cc1OC. The lowest BCUT2D eigenvalue weighted by atomic mass is 9.94. The maximum Gasteiger partial charge on any atom is 0.161 e. The Morgan fingerprint density at radius 2 is 2.00 bits per heavy atom. The number of thioether (sulfide) groups is 1. The van der Waals surface area contributed by atoms with Crippen LogP contribution in [0.3, 0.4) is 0 Å². The van der Waals surface area contributed by atoms with Gasteiger partial charge in [-0.25, -0.2) is 0 Å². The van der Waals surface area contributed by atoms with E-state index in [1.165, 1.54) is 10.5 Å². The molecule has 0 saturated carbocycles. The first-order valence-electron chi connectivity index (χ1n) is 7.19. The Labute approximate surface area is 131 Å². The monoisotopic (exact) mass is 311 g/mol. The van der Waals surface area contributed by atoms with E-state index < -0.39 is 0 Å². The molecule has 1 aliphatic heterocycles. The van der Waals surface area contributed by atoms with Gasteiger partial charge in [0.2, 0.25) is 0 Å². The van der Waals surface area contributed by atoms with E-state index in [0.29, 0.717) is 0 Å². The van der Waals surface area contributed by atoms with Gasteiger partial charge in [0.25, 0.3) is 0 Å². The van der Waals surface area contributed by atoms with Crippen LogP contribution in [-0.2, 0) is 11.3 Å². The molecule has 0 aliphatic carbocycles. The number of ether oxygens (including phenoxy) is 3. The van der Waals surface area contributed by atoms with Crippen molar-refractivity contribution in [1.82, 2.24) is 5.32 Å². The second-order valence-electron chi connectivity index (χ2n) is 5.55. The van der Waals surface area contributed by atoms with Crippen molar-refractivity contribution >= 4 is 11.8 Å². The molecule has 1 aromatic carbocycles. The molecule has 1 aliphatic rings. The summed E-state index contributed by atoms with van der Waals surface area (Å²) in [5, 5.41) is 3.65. The van der Waals surface area contributed by atoms with E-state index in [1.54, 1.807) is 26.0 Å². The molecular formula is C16H25NO3S. The first-order chi connectivity index (χ1) is 10.0. The minimum Gasteiger partial charge on any atom is -0.493 e. The van der Waals surface area contributed by atoms with Gasteiger partial charge in [-0.1, -0.05) is 0 Å². The highest BCUT2D eigenvalue weighted by molar-refractivity contribution is 7.98. The number of rotatable bonds is 6. The van der Waals surface area contributed by atoms with Crippen LogP contribution in [-0.4, -0.2) is 38.7 Å². The number of nitrogens with one attached hydrogen (secondary N) is 1. The molecule has 0 amide bonds. The topological polar surface area (TPSA) is 39.7 Å². The maximum atomic E-state index is 5.68. The molecule has 1 aromatic rings. The van der Waals surface area contributed by atoms with Gasteiger partial charge in [0.1, 0.15) is 0 Å². The Kier molecular flexibility index (Phi) is 5.41. The lowest BCUT2D eigenvalue weighted by molar-refractivity contribution is 0.0880. The number of hydrogen-bond donors (Lipinski definition) is 1. The van der Waals surface area contributed by atoms with Crippen LogP contribution >= 0.6 is 11.8 Å². The van der Waals surface area contributed by atoms with Crippen molar-refractivity contribution in [3.05, 3.63) is 17.7 Å². The van der Waals surface area contributed by atoms with Crippen LogP contribution < -0.4 is 14.8 Å². The molecular weight excluding hydrogens is 286 g/mol. The van der Waals surface area contributed by atoms with E-state index in [2.05, 4.69) is 31.5 Å². The zero-order valence-electron chi connectivity index (χ0n) is 13.5. The molecule has 2 atom stereocenters. The zero-order valence-corrected chi connectivity index (χ0v) is 14.3. The van der Waals surface area contributed by atoms with Gasteiger partial charge < -0.3 is 19.5 Å². The van der Waals surface area contributed by atoms with Gasteiger partial charge in [-0.05, 0) is 44.2 Å². The highest BCUT2D eigenvalue weighted by Crippen LogP contribution is 2.35. The molecule has 0 spiro atoms. The average molecular weight is 311 g/mol. The van der Waals surface area contributed by atoms with Crippen molar-refractivity contribution in [1.29, 1.82) is 0 Å². The Bertz CT molecular complexity index is 495. The summed E-state index contributed by atoms with van der Waals surface area (Å²) in [5.74, 6) is 1.54. The third-order valence-electron chi connectivity index (χ3n) is 4.36. The lowest BCUT2D eigenvalue weighted by Crippen LogP contribution is -2.47. The van der Waals surface area contributed by atoms with Crippen molar-refractivity contribution in [3.8, 4) is 11.5 Å². The summed E-state index contributed by atoms with van der Waals surface area (Å²) < 4.78 is 16.5. The molecule has 5 heteroatoms. The minimum atomic E-state index is 0.0306. The third-order valence-corrected chi connectivity index (χ3v) is 5.18. The van der Waals surface area contributed by atoms with Gasteiger partial charge >= 0.3 is 0 Å². The zero-order chi connectivity index (χ0) is 15.5. The highest BCUT2D eigenvalue weighted by Gasteiger charge is 2.36. The second-order valence-corrected chi connectivity index (χ2v) is 6.40. The van der Waals surface area contributed by atoms with Crippen LogP contribution in [0.1, 0.15) is 25.8 Å². The van der Waals surface area contributed by atoms with E-state index in [4.69, 9.17) is 14.2 Å². The van der Waals surface area contributed by atoms with Crippen LogP contribution in [0.25, 0.3) is 0 Å². The van der Waals surface area contributed by atoms with Gasteiger partial charge in [0, 0.05) is 23.6 Å². The summed E-state index contributed by atoms with van der Waals surface area (Å²) in [4.78, 5) is 1.20. The van der Waals surface area contributed by atoms with Crippen molar-refractivity contribution in [2.45, 2.75) is 43.4 Å². The Hall–Kier alpha value is -0.910. The molecule has 2 rings (SSSR count). The van der Waals surface area contributed by atoms with Gasteiger partial charge in [-0.15, -0.1) is 11.8 Å². The normalized spacial score (nSPS) is 25.1. The van der Waals surface area contributed by atoms with Gasteiger partial charge in [0.05, 0.1) is 20.3 Å². The predicted molar refractivity (Wildman–Crippen MR) is 86.6 cm³/mol. The van der Waals surface area contributed by atoms with Gasteiger partial charge in [-0.3, -0.25) is 0 Å². The Balaban J connectivity index is 2.19. The summed E-state index contributed by atoms with van der Waals surface area (Å²) >= 11 is 1.72. The highest BCUT2D eigenvalue weighted by atomic mass is 32.2. The minimum absolute atomic E-state index is 0.0306. The quantitative estimate of drug-likeness (QED) is 0.818. The van der Waals surface area contributed by atoms with Crippen LogP contribution in [0.2, 0.25) is 0 Å². The molecule has 21 heavy (non-hydrogen) atoms. The van der Waals surface area contributed by atoms with Gasteiger partial charge in [-0.2, -0.15) is 0 Å². The fourth-order valence-corrected chi connectivity index (χ4v) is 3.21. The molecule has 0 bridgehead atoms. The van der Waals surface area contributed by atoms with Gasteiger partial charge in [0.15, 0.2) is 11.5 Å². The van der Waals surface area contributed by atoms with Crippen LogP contribution in [0.15, 0.2) is 17.0 Å². The lowest BCUT2D eigenvalue weighted by Gasteiger charge is -2.29. The second kappa shape index (κ2) is 6.90. The summed E-state index contributed by atoms with van der Waals surface area (Å²) in [6, 6.07) is 4.10. The fraction of sp³-hybridized carbons (Fsp3) is 0.625. The predicted octanol–water partition coefficient (Wildman–Crippen LogP) is 3.08. The van der Waals surface area contributed by atoms with Crippen LogP contribution in [0.5, 0.6) is 11.5 Å². The molecule has 118 valence electrons. The van der Waals surface area contributed by atoms with Crippen molar-refractivity contribution in [2.24, 2.45) is 0 Å². The molecule has 0 aromatic heterocycles. The first kappa shape index (κ1) is 16.5. The average Bonchev–Trinajstić information content (AvgIpc) is 2.84. The standard InChI is InChI=1S/C16H25NO3S/c1-11-16(2,6-7-20-11)17-10-12-8-13(18-3)14(19-4)9-15(12)21-5/h8-9,11,17H,6-7,10H2,1-5H3. The summed E-state index contributed by atoms with van der Waals surface area (Å²) in [5.41, 5.74) is 1.25. The molecule has 1 saturated heterocycles. The largest absolute Gasteiger partial charge is 0.493 e. The van der Waals surface area contributed by atoms with Crippen molar-refractivity contribution in [2.75, 3.05) is 27.1 Å². The van der Waals surface area contributed by atoms with E-state index in [9.17, 15) is 0 Å². The van der Waals surface area contributed by atoms with E-state index >= 15 is 0 Å². The van der Waals surface area contributed by atoms with Crippen LogP contribution in [0.4, 0.5) is 0 Å². The number of hydrogen-bond acceptors (Lipinski definition) is 5. The Morgan fingerprint density at radius 1 is 1.33 bits per heavy atom. The smallest absolute Gasteiger partial charge is 0.161 e. The van der Waals surface area contributed by atoms with E-state index in [-0.39, 0.29) is 11.6 Å². The molecule has 0 radical (unpaired) electrons. The van der Waals surface area contributed by atoms with Crippen molar-refractivity contribution < 1.29 is 14.2 Å². The van der Waals surface area contributed by atoms with Crippen molar-refractivity contribution in [3.63, 3.8) is 0 Å². The summed E-state index contributed by atoms with van der Waals surface area (Å²) in [6.07, 6.45) is 3.35. The fourth-order valence-electron chi connectivity index (χ4n) is 2.59. The molecule has 1 heterocycles. The molecule has 2 unspecified atom stereocenters.